The molecule has 0 aromatic heterocycles. The normalized spacial score (nSPS) is 24.9. The largest absolute Gasteiger partial charge is 0.494 e. The summed E-state index contributed by atoms with van der Waals surface area (Å²) in [5, 5.41) is 0.556. The maximum Gasteiger partial charge on any atom is 0.321 e. The lowest BCUT2D eigenvalue weighted by molar-refractivity contribution is -0.331. The van der Waals surface area contributed by atoms with Crippen LogP contribution in [0.2, 0.25) is 5.02 Å². The number of hydrogen-bond acceptors (Lipinski definition) is 8. The Hall–Kier alpha value is -2.85. The van der Waals surface area contributed by atoms with Crippen LogP contribution < -0.4 is 4.74 Å². The second-order valence-electron chi connectivity index (χ2n) is 10.1. The van der Waals surface area contributed by atoms with Crippen molar-refractivity contribution in [2.75, 3.05) is 25.0 Å². The quantitative estimate of drug-likeness (QED) is 0.190. The van der Waals surface area contributed by atoms with Crippen LogP contribution in [0.15, 0.2) is 72.8 Å². The van der Waals surface area contributed by atoms with Crippen molar-refractivity contribution in [1.82, 2.24) is 0 Å². The molecular formula is C32H31Cl3O8. The van der Waals surface area contributed by atoms with Crippen molar-refractivity contribution < 1.29 is 38.0 Å². The fraction of sp³-hybridized carbons (Fsp3) is 0.375. The van der Waals surface area contributed by atoms with Gasteiger partial charge in [0.15, 0.2) is 18.5 Å². The molecule has 6 unspecified atom stereocenters. The summed E-state index contributed by atoms with van der Waals surface area (Å²) in [6.07, 6.45) is -4.74. The second kappa shape index (κ2) is 14.8. The number of rotatable bonds is 10. The zero-order valence-corrected chi connectivity index (χ0v) is 25.6. The Morgan fingerprint density at radius 1 is 0.860 bits per heavy atom. The van der Waals surface area contributed by atoms with E-state index in [4.69, 9.17) is 63.2 Å². The maximum atomic E-state index is 12.6. The number of halogens is 3. The average molecular weight is 650 g/mol. The van der Waals surface area contributed by atoms with Gasteiger partial charge in [0.1, 0.15) is 35.8 Å². The van der Waals surface area contributed by atoms with Gasteiger partial charge in [-0.2, -0.15) is 0 Å². The molecule has 0 bridgehead atoms. The summed E-state index contributed by atoms with van der Waals surface area (Å²) in [6.45, 7) is 2.65. The molecule has 5 rings (SSSR count). The van der Waals surface area contributed by atoms with Crippen LogP contribution in [0.4, 0.5) is 0 Å². The Kier molecular flexibility index (Phi) is 10.8. The predicted octanol–water partition coefficient (Wildman–Crippen LogP) is 6.18. The number of carbonyl (C=O) groups is 2. The van der Waals surface area contributed by atoms with E-state index in [9.17, 15) is 9.59 Å². The van der Waals surface area contributed by atoms with Gasteiger partial charge in [-0.25, -0.2) is 0 Å². The van der Waals surface area contributed by atoms with Crippen LogP contribution in [0, 0.1) is 0 Å². The van der Waals surface area contributed by atoms with E-state index in [1.54, 1.807) is 12.1 Å². The highest BCUT2D eigenvalue weighted by molar-refractivity contribution is 6.31. The van der Waals surface area contributed by atoms with E-state index in [1.165, 1.54) is 0 Å². The van der Waals surface area contributed by atoms with Gasteiger partial charge in [-0.1, -0.05) is 66.2 Å². The predicted molar refractivity (Wildman–Crippen MR) is 161 cm³/mol. The van der Waals surface area contributed by atoms with E-state index in [-0.39, 0.29) is 6.61 Å². The van der Waals surface area contributed by atoms with Gasteiger partial charge in [-0.15, -0.1) is 23.2 Å². The summed E-state index contributed by atoms with van der Waals surface area (Å²) in [5.74, 6) is -1.43. The average Bonchev–Trinajstić information content (AvgIpc) is 3.04. The first-order valence-corrected chi connectivity index (χ1v) is 15.3. The molecule has 6 atom stereocenters. The molecule has 2 heterocycles. The van der Waals surface area contributed by atoms with Gasteiger partial charge in [0.05, 0.1) is 13.2 Å². The van der Waals surface area contributed by atoms with Gasteiger partial charge in [0.2, 0.25) is 0 Å². The number of benzene rings is 3. The molecule has 11 heteroatoms. The van der Waals surface area contributed by atoms with Gasteiger partial charge >= 0.3 is 11.9 Å². The minimum absolute atomic E-state index is 0.137. The third kappa shape index (κ3) is 7.63. The first-order chi connectivity index (χ1) is 20.9. The molecule has 2 aliphatic heterocycles. The van der Waals surface area contributed by atoms with E-state index in [0.717, 1.165) is 22.4 Å². The van der Waals surface area contributed by atoms with E-state index in [2.05, 4.69) is 0 Å². The van der Waals surface area contributed by atoms with Gasteiger partial charge in [0.25, 0.3) is 0 Å². The molecule has 3 aromatic rings. The Bertz CT molecular complexity index is 1390. The number of fused-ring (bicyclic) bond motifs is 1. The summed E-state index contributed by atoms with van der Waals surface area (Å²) in [5.41, 5.74) is 3.28. The molecule has 43 heavy (non-hydrogen) atoms. The first-order valence-electron chi connectivity index (χ1n) is 13.9. The Morgan fingerprint density at radius 3 is 2.23 bits per heavy atom. The summed E-state index contributed by atoms with van der Waals surface area (Å²) < 4.78 is 35.9. The topological polar surface area (TPSA) is 89.5 Å². The molecule has 228 valence electrons. The molecule has 2 fully saturated rings. The van der Waals surface area contributed by atoms with E-state index >= 15 is 0 Å². The summed E-state index contributed by atoms with van der Waals surface area (Å²) in [4.78, 5) is 25.1. The number of hydrogen-bond donors (Lipinski definition) is 0. The fourth-order valence-electron chi connectivity index (χ4n) is 5.26. The number of ether oxygens (including phenoxy) is 6. The van der Waals surface area contributed by atoms with Gasteiger partial charge in [-0.3, -0.25) is 9.59 Å². The highest BCUT2D eigenvalue weighted by atomic mass is 35.5. The molecule has 0 radical (unpaired) electrons. The molecule has 0 aliphatic carbocycles. The van der Waals surface area contributed by atoms with Crippen molar-refractivity contribution >= 4 is 46.7 Å². The molecule has 3 aromatic carbocycles. The first kappa shape index (κ1) is 31.6. The Morgan fingerprint density at radius 2 is 1.56 bits per heavy atom. The third-order valence-electron chi connectivity index (χ3n) is 7.18. The van der Waals surface area contributed by atoms with Crippen LogP contribution in [-0.2, 0) is 39.7 Å². The lowest BCUT2D eigenvalue weighted by Crippen LogP contribution is -2.61. The number of alkyl halides is 2. The molecule has 0 N–H and O–H groups in total. The van der Waals surface area contributed by atoms with Gasteiger partial charge < -0.3 is 28.4 Å². The summed E-state index contributed by atoms with van der Waals surface area (Å²) in [6, 6.07) is 22.5. The molecule has 0 spiro atoms. The zero-order chi connectivity index (χ0) is 30.3. The van der Waals surface area contributed by atoms with Crippen LogP contribution in [0.25, 0.3) is 0 Å². The van der Waals surface area contributed by atoms with Crippen molar-refractivity contribution in [3.8, 4) is 5.75 Å². The standard InChI is InChI=1S/C32H31Cl3O8/c1-2-38-23-11-8-19(9-12-23)14-22-15-21(10-13-24(22)35)28-30(41-26(36)16-33)31(42-27(37)17-34)29-25(40-28)18-39-32(43-29)20-6-4-3-5-7-20/h3-13,15,25,28-32H,2,14,16-18H2,1H3. The maximum absolute atomic E-state index is 12.6. The molecule has 2 saturated heterocycles. The van der Waals surface area contributed by atoms with Crippen LogP contribution in [0.1, 0.15) is 41.6 Å². The molecule has 2 aliphatic rings. The lowest BCUT2D eigenvalue weighted by Gasteiger charge is -2.48. The van der Waals surface area contributed by atoms with E-state index < -0.39 is 60.5 Å². The van der Waals surface area contributed by atoms with Crippen LogP contribution in [0.5, 0.6) is 5.75 Å². The van der Waals surface area contributed by atoms with Crippen LogP contribution >= 0.6 is 34.8 Å². The van der Waals surface area contributed by atoms with E-state index in [0.29, 0.717) is 23.6 Å². The van der Waals surface area contributed by atoms with Crippen molar-refractivity contribution in [1.29, 1.82) is 0 Å². The van der Waals surface area contributed by atoms with Crippen LogP contribution in [-0.4, -0.2) is 61.3 Å². The summed E-state index contributed by atoms with van der Waals surface area (Å²) >= 11 is 18.3. The SMILES string of the molecule is CCOc1ccc(Cc2cc(C3OC4COC(c5ccccc5)OC4C(OC(=O)CCl)C3OC(=O)CCl)ccc2Cl)cc1. The number of carbonyl (C=O) groups excluding carboxylic acids is 2. The Balaban J connectivity index is 1.47. The lowest BCUT2D eigenvalue weighted by atomic mass is 9.89. The molecule has 0 saturated carbocycles. The molecule has 0 amide bonds. The monoisotopic (exact) mass is 648 g/mol. The molecular weight excluding hydrogens is 619 g/mol. The third-order valence-corrected chi connectivity index (χ3v) is 7.98. The van der Waals surface area contributed by atoms with Crippen molar-refractivity contribution in [3.63, 3.8) is 0 Å². The van der Waals surface area contributed by atoms with Crippen LogP contribution in [0.3, 0.4) is 0 Å². The second-order valence-corrected chi connectivity index (χ2v) is 11.0. The van der Waals surface area contributed by atoms with Crippen molar-refractivity contribution in [2.45, 2.75) is 50.2 Å². The van der Waals surface area contributed by atoms with E-state index in [1.807, 2.05) is 67.6 Å². The van der Waals surface area contributed by atoms with Gasteiger partial charge in [0, 0.05) is 10.6 Å². The minimum Gasteiger partial charge on any atom is -0.494 e. The van der Waals surface area contributed by atoms with Crippen molar-refractivity contribution in [3.05, 3.63) is 100 Å². The molecule has 8 nitrogen and oxygen atoms in total. The minimum atomic E-state index is -1.10. The smallest absolute Gasteiger partial charge is 0.321 e. The highest BCUT2D eigenvalue weighted by Gasteiger charge is 2.54. The number of esters is 2. The zero-order valence-electron chi connectivity index (χ0n) is 23.3. The van der Waals surface area contributed by atoms with Crippen molar-refractivity contribution in [2.24, 2.45) is 0 Å². The Labute approximate surface area is 265 Å². The highest BCUT2D eigenvalue weighted by Crippen LogP contribution is 2.42. The summed E-state index contributed by atoms with van der Waals surface area (Å²) in [7, 11) is 0. The fourth-order valence-corrected chi connectivity index (χ4v) is 5.57. The van der Waals surface area contributed by atoms with Gasteiger partial charge in [-0.05, 0) is 48.2 Å².